The van der Waals surface area contributed by atoms with Crippen LogP contribution in [0, 0.1) is 6.92 Å². The highest BCUT2D eigenvalue weighted by atomic mass is 16.5. The molecule has 0 bridgehead atoms. The van der Waals surface area contributed by atoms with E-state index in [0.717, 1.165) is 34.5 Å². The number of hydrogen-bond acceptors (Lipinski definition) is 9. The van der Waals surface area contributed by atoms with Gasteiger partial charge in [0.25, 0.3) is 17.7 Å². The second-order valence-corrected chi connectivity index (χ2v) is 18.0. The van der Waals surface area contributed by atoms with Gasteiger partial charge in [0.2, 0.25) is 11.7 Å². The van der Waals surface area contributed by atoms with E-state index in [2.05, 4.69) is 59.3 Å². The van der Waals surface area contributed by atoms with Gasteiger partial charge in [-0.25, -0.2) is 4.98 Å². The van der Waals surface area contributed by atoms with Crippen LogP contribution in [0.5, 0.6) is 5.75 Å². The van der Waals surface area contributed by atoms with E-state index in [4.69, 9.17) is 4.74 Å². The Morgan fingerprint density at radius 3 is 2.48 bits per heavy atom. The van der Waals surface area contributed by atoms with E-state index in [1.54, 1.807) is 93.7 Å². The monoisotopic (exact) mass is 866 g/mol. The van der Waals surface area contributed by atoms with Crippen molar-refractivity contribution >= 4 is 64.2 Å². The summed E-state index contributed by atoms with van der Waals surface area (Å²) in [6.07, 6.45) is 8.79. The Morgan fingerprint density at radius 1 is 0.922 bits per heavy atom. The van der Waals surface area contributed by atoms with Crippen LogP contribution in [0.2, 0.25) is 0 Å². The largest absolute Gasteiger partial charge is 0.493 e. The minimum absolute atomic E-state index is 0.0259. The normalized spacial score (nSPS) is 15.5. The molecule has 16 heteroatoms. The number of nitrogens with one attached hydrogen (secondary N) is 3. The molecule has 6 heterocycles. The number of fused-ring (bicyclic) bond motifs is 3. The maximum atomic E-state index is 13.7. The van der Waals surface area contributed by atoms with Gasteiger partial charge in [-0.05, 0) is 100 Å². The standard InChI is InChI=1S/C48H54N10O6/c1-28-16-34-23-49-36-22-41(29(2)17-35(36)46(62)58(34)24-28)64-15-9-10-43(60)51-42-27-56(8)44(52-42)40(59)19-30-18-38(54(6)25-30)45(61)50-33-21-39(55(7)26-33)47(63)57-14-13-31-20-32(11-12-37(31)57)53-48(3,4)5/h11-12,17-18,20-23,25-27,34,53H,1,9-10,13-16,19,24H2,2-8H3,(H,50,61)(H,51,60)/t34-/m0/s1. The van der Waals surface area contributed by atoms with Gasteiger partial charge in [0.15, 0.2) is 11.6 Å². The number of hydrogen-bond donors (Lipinski definition) is 3. The molecule has 332 valence electrons. The van der Waals surface area contributed by atoms with Crippen molar-refractivity contribution in [3.8, 4) is 5.75 Å². The zero-order valence-corrected chi connectivity index (χ0v) is 37.4. The molecule has 0 saturated carbocycles. The quantitative estimate of drug-likeness (QED) is 0.0659. The van der Waals surface area contributed by atoms with E-state index in [1.807, 2.05) is 19.1 Å². The van der Waals surface area contributed by atoms with Gasteiger partial charge < -0.3 is 44.2 Å². The molecule has 0 spiro atoms. The number of benzene rings is 2. The van der Waals surface area contributed by atoms with Crippen molar-refractivity contribution < 1.29 is 28.7 Å². The number of aromatic nitrogens is 4. The molecule has 16 nitrogen and oxygen atoms in total. The number of carbonyl (C=O) groups excluding carboxylic acids is 5. The van der Waals surface area contributed by atoms with Crippen molar-refractivity contribution in [3.63, 3.8) is 0 Å². The lowest BCUT2D eigenvalue weighted by atomic mass is 10.1. The van der Waals surface area contributed by atoms with E-state index in [-0.39, 0.29) is 66.2 Å². The number of aliphatic imine (C=N–C) groups is 1. The number of amides is 4. The van der Waals surface area contributed by atoms with Crippen LogP contribution in [0.4, 0.5) is 28.6 Å². The highest BCUT2D eigenvalue weighted by Crippen LogP contribution is 2.36. The molecule has 4 amide bonds. The van der Waals surface area contributed by atoms with Gasteiger partial charge >= 0.3 is 0 Å². The topological polar surface area (TPSA) is 177 Å². The Bertz CT molecular complexity index is 2770. The summed E-state index contributed by atoms with van der Waals surface area (Å²) in [6.45, 7) is 13.6. The van der Waals surface area contributed by atoms with Gasteiger partial charge in [0, 0.05) is 94.9 Å². The predicted molar refractivity (Wildman–Crippen MR) is 246 cm³/mol. The molecule has 0 radical (unpaired) electrons. The maximum absolute atomic E-state index is 13.7. The summed E-state index contributed by atoms with van der Waals surface area (Å²) < 4.78 is 10.9. The highest BCUT2D eigenvalue weighted by Gasteiger charge is 2.34. The summed E-state index contributed by atoms with van der Waals surface area (Å²) in [5.74, 6) is -0.196. The van der Waals surface area contributed by atoms with Crippen molar-refractivity contribution in [1.82, 2.24) is 23.6 Å². The molecule has 3 aliphatic heterocycles. The van der Waals surface area contributed by atoms with Gasteiger partial charge in [-0.3, -0.25) is 29.0 Å². The first-order valence-electron chi connectivity index (χ1n) is 21.4. The van der Waals surface area contributed by atoms with Gasteiger partial charge in [0.1, 0.15) is 17.1 Å². The smallest absolute Gasteiger partial charge is 0.274 e. The van der Waals surface area contributed by atoms with Crippen molar-refractivity contribution in [2.45, 2.75) is 71.4 Å². The predicted octanol–water partition coefficient (Wildman–Crippen LogP) is 6.78. The first-order valence-corrected chi connectivity index (χ1v) is 21.4. The molecule has 1 atom stereocenters. The molecule has 0 aliphatic carbocycles. The molecule has 1 fully saturated rings. The molecular formula is C48H54N10O6. The summed E-state index contributed by atoms with van der Waals surface area (Å²) >= 11 is 0. The molecule has 0 unspecified atom stereocenters. The summed E-state index contributed by atoms with van der Waals surface area (Å²) in [7, 11) is 5.17. The van der Waals surface area contributed by atoms with Crippen LogP contribution in [0.3, 0.4) is 0 Å². The summed E-state index contributed by atoms with van der Waals surface area (Å²) in [5.41, 5.74) is 7.66. The summed E-state index contributed by atoms with van der Waals surface area (Å²) in [5, 5.41) is 9.16. The van der Waals surface area contributed by atoms with Crippen LogP contribution in [-0.4, -0.2) is 90.5 Å². The van der Waals surface area contributed by atoms with Crippen molar-refractivity contribution in [2.75, 3.05) is 40.5 Å². The van der Waals surface area contributed by atoms with Crippen molar-refractivity contribution in [2.24, 2.45) is 26.1 Å². The van der Waals surface area contributed by atoms with Crippen molar-refractivity contribution in [3.05, 3.63) is 113 Å². The highest BCUT2D eigenvalue weighted by molar-refractivity contribution is 6.09. The molecule has 3 N–H and O–H groups in total. The molecule has 8 rings (SSSR count). The second kappa shape index (κ2) is 17.1. The number of aryl methyl sites for hydroxylation is 4. The van der Waals surface area contributed by atoms with Gasteiger partial charge in [0.05, 0.1) is 29.6 Å². The molecule has 5 aromatic rings. The number of carbonyl (C=O) groups is 5. The average Bonchev–Trinajstić information content (AvgIpc) is 4.05. The van der Waals surface area contributed by atoms with Crippen LogP contribution in [0.15, 0.2) is 78.2 Å². The SMILES string of the molecule is C=C1C[C@H]2C=Nc3cc(OCCCC(=O)Nc4cn(C)c(C(=O)Cc5cc(C(=O)Nc6cc(C(=O)N7CCc8cc(NC(C)(C)C)ccc87)n(C)c6)n(C)c5)n4)c(C)cc3C(=O)N2C1. The Labute approximate surface area is 372 Å². The Hall–Kier alpha value is -7.23. The Balaban J connectivity index is 0.821. The fourth-order valence-electron chi connectivity index (χ4n) is 8.54. The summed E-state index contributed by atoms with van der Waals surface area (Å²) in [4.78, 5) is 79.3. The lowest BCUT2D eigenvalue weighted by Crippen LogP contribution is -2.35. The minimum atomic E-state index is -0.394. The van der Waals surface area contributed by atoms with Crippen LogP contribution in [0.25, 0.3) is 0 Å². The van der Waals surface area contributed by atoms with Crippen LogP contribution in [0.1, 0.15) is 98.7 Å². The lowest BCUT2D eigenvalue weighted by Gasteiger charge is -2.23. The maximum Gasteiger partial charge on any atom is 0.274 e. The van der Waals surface area contributed by atoms with E-state index in [1.165, 1.54) is 0 Å². The molecule has 2 aromatic carbocycles. The number of Topliss-reactive ketones (excluding diaryl/α,β-unsaturated/α-hetero) is 1. The fraction of sp³-hybridized carbons (Fsp3) is 0.354. The third-order valence-corrected chi connectivity index (χ3v) is 11.5. The first-order chi connectivity index (χ1) is 30.4. The zero-order valence-electron chi connectivity index (χ0n) is 37.4. The van der Waals surface area contributed by atoms with E-state index >= 15 is 0 Å². The molecule has 64 heavy (non-hydrogen) atoms. The Morgan fingerprint density at radius 2 is 1.70 bits per heavy atom. The van der Waals surface area contributed by atoms with Gasteiger partial charge in [-0.2, -0.15) is 0 Å². The minimum Gasteiger partial charge on any atom is -0.493 e. The van der Waals surface area contributed by atoms with E-state index < -0.39 is 5.91 Å². The molecule has 3 aromatic heterocycles. The second-order valence-electron chi connectivity index (χ2n) is 18.0. The molecule has 3 aliphatic rings. The van der Waals surface area contributed by atoms with Gasteiger partial charge in [-0.1, -0.05) is 12.2 Å². The van der Waals surface area contributed by atoms with Crippen molar-refractivity contribution in [1.29, 1.82) is 0 Å². The number of ketones is 1. The first kappa shape index (κ1) is 43.4. The third-order valence-electron chi connectivity index (χ3n) is 11.5. The zero-order chi connectivity index (χ0) is 45.6. The molecule has 1 saturated heterocycles. The fourth-order valence-corrected chi connectivity index (χ4v) is 8.54. The Kier molecular flexibility index (Phi) is 11.6. The van der Waals surface area contributed by atoms with Crippen LogP contribution in [-0.2, 0) is 38.8 Å². The number of rotatable bonds is 13. The number of ether oxygens (including phenoxy) is 1. The lowest BCUT2D eigenvalue weighted by molar-refractivity contribution is -0.116. The third kappa shape index (κ3) is 9.12. The summed E-state index contributed by atoms with van der Waals surface area (Å²) in [6, 6.07) is 12.9. The van der Waals surface area contributed by atoms with Crippen LogP contribution >= 0.6 is 0 Å². The van der Waals surface area contributed by atoms with E-state index in [9.17, 15) is 24.0 Å². The number of nitrogens with zero attached hydrogens (tertiary/aromatic N) is 7. The van der Waals surface area contributed by atoms with Crippen LogP contribution < -0.4 is 25.6 Å². The number of imidazole rings is 1. The average molecular weight is 867 g/mol. The molecular weight excluding hydrogens is 813 g/mol. The van der Waals surface area contributed by atoms with E-state index in [0.29, 0.717) is 65.6 Å². The number of anilines is 4. The van der Waals surface area contributed by atoms with Gasteiger partial charge in [-0.15, -0.1) is 0 Å².